The number of guanidine groups is 1. The van der Waals surface area contributed by atoms with Gasteiger partial charge < -0.3 is 24.6 Å². The van der Waals surface area contributed by atoms with Gasteiger partial charge in [-0.25, -0.2) is 9.97 Å². The number of benzene rings is 1. The van der Waals surface area contributed by atoms with Crippen molar-refractivity contribution >= 4 is 35.9 Å². The van der Waals surface area contributed by atoms with E-state index in [9.17, 15) is 0 Å². The molecule has 0 amide bonds. The minimum absolute atomic E-state index is 0. The number of hydrogen-bond donors (Lipinski definition) is 1. The van der Waals surface area contributed by atoms with Crippen molar-refractivity contribution in [2.24, 2.45) is 4.99 Å². The molecule has 2 aromatic rings. The van der Waals surface area contributed by atoms with Crippen molar-refractivity contribution in [1.29, 1.82) is 0 Å². The van der Waals surface area contributed by atoms with Crippen molar-refractivity contribution < 1.29 is 9.47 Å². The summed E-state index contributed by atoms with van der Waals surface area (Å²) in [7, 11) is 3.52. The van der Waals surface area contributed by atoms with E-state index in [-0.39, 0.29) is 24.0 Å². The van der Waals surface area contributed by atoms with Crippen LogP contribution in [0.5, 0.6) is 11.5 Å². The van der Waals surface area contributed by atoms with Gasteiger partial charge in [0.2, 0.25) is 5.95 Å². The Labute approximate surface area is 207 Å². The molecule has 1 aromatic heterocycles. The van der Waals surface area contributed by atoms with Crippen LogP contribution < -0.4 is 19.7 Å². The summed E-state index contributed by atoms with van der Waals surface area (Å²) in [6.07, 6.45) is 8.61. The largest absolute Gasteiger partial charge is 0.493 e. The highest BCUT2D eigenvalue weighted by molar-refractivity contribution is 14.0. The number of aromatic nitrogens is 2. The van der Waals surface area contributed by atoms with Crippen LogP contribution in [0.15, 0.2) is 41.7 Å². The van der Waals surface area contributed by atoms with Crippen molar-refractivity contribution in [2.45, 2.75) is 38.3 Å². The molecule has 0 unspecified atom stereocenters. The third-order valence-corrected chi connectivity index (χ3v) is 5.90. The van der Waals surface area contributed by atoms with Gasteiger partial charge in [-0.3, -0.25) is 4.99 Å². The quantitative estimate of drug-likeness (QED) is 0.335. The molecule has 4 rings (SSSR count). The van der Waals surface area contributed by atoms with E-state index in [0.717, 1.165) is 68.0 Å². The number of aliphatic imine (C=N–C) groups is 1. The predicted octanol–water partition coefficient (Wildman–Crippen LogP) is 3.32. The average Bonchev–Trinajstić information content (AvgIpc) is 3.34. The molecule has 0 bridgehead atoms. The van der Waals surface area contributed by atoms with Crippen molar-refractivity contribution in [1.82, 2.24) is 20.2 Å². The minimum atomic E-state index is 0. The molecule has 8 nitrogen and oxygen atoms in total. The zero-order chi connectivity index (χ0) is 21.5. The summed E-state index contributed by atoms with van der Waals surface area (Å²) in [5.74, 6) is 3.32. The molecule has 1 saturated heterocycles. The van der Waals surface area contributed by atoms with E-state index in [1.807, 2.05) is 19.2 Å². The van der Waals surface area contributed by atoms with E-state index in [2.05, 4.69) is 42.2 Å². The Kier molecular flexibility index (Phi) is 9.19. The highest BCUT2D eigenvalue weighted by Crippen LogP contribution is 2.32. The van der Waals surface area contributed by atoms with Gasteiger partial charge >= 0.3 is 0 Å². The maximum absolute atomic E-state index is 6.23. The molecule has 2 heterocycles. The number of nitrogens with one attached hydrogen (secondary N) is 1. The predicted molar refractivity (Wildman–Crippen MR) is 137 cm³/mol. The zero-order valence-corrected chi connectivity index (χ0v) is 21.2. The van der Waals surface area contributed by atoms with Gasteiger partial charge in [0.25, 0.3) is 0 Å². The van der Waals surface area contributed by atoms with Gasteiger partial charge in [-0.2, -0.15) is 0 Å². The Bertz CT molecular complexity index is 868. The summed E-state index contributed by atoms with van der Waals surface area (Å²) in [6.45, 7) is 4.16. The Hall–Kier alpha value is -2.30. The van der Waals surface area contributed by atoms with E-state index in [1.165, 1.54) is 12.8 Å². The zero-order valence-electron chi connectivity index (χ0n) is 18.9. The van der Waals surface area contributed by atoms with Crippen molar-refractivity contribution in [3.63, 3.8) is 0 Å². The van der Waals surface area contributed by atoms with Gasteiger partial charge in [-0.05, 0) is 49.4 Å². The Morgan fingerprint density at radius 1 is 1.09 bits per heavy atom. The molecule has 2 aliphatic rings. The second-order valence-electron chi connectivity index (χ2n) is 7.93. The SMILES string of the molecule is CN=C(NCc1ccc(OC)c(OC2CCCC2)c1)N1CCN(c2ncccn2)CC1.I. The lowest BCUT2D eigenvalue weighted by atomic mass is 10.2. The fraction of sp³-hybridized carbons (Fsp3) is 0.522. The second kappa shape index (κ2) is 12.1. The van der Waals surface area contributed by atoms with Crippen LogP contribution >= 0.6 is 24.0 Å². The number of hydrogen-bond acceptors (Lipinski definition) is 6. The lowest BCUT2D eigenvalue weighted by Crippen LogP contribution is -2.52. The van der Waals surface area contributed by atoms with Crippen LogP contribution in [-0.2, 0) is 6.54 Å². The third-order valence-electron chi connectivity index (χ3n) is 5.90. The number of rotatable bonds is 6. The molecular formula is C23H33IN6O2. The molecule has 0 radical (unpaired) electrons. The molecule has 32 heavy (non-hydrogen) atoms. The van der Waals surface area contributed by atoms with Crippen LogP contribution in [0.1, 0.15) is 31.2 Å². The Balaban J connectivity index is 0.00000289. The van der Waals surface area contributed by atoms with Crippen LogP contribution in [-0.4, -0.2) is 67.3 Å². The molecule has 1 aromatic carbocycles. The maximum Gasteiger partial charge on any atom is 0.225 e. The Morgan fingerprint density at radius 2 is 1.81 bits per heavy atom. The van der Waals surface area contributed by atoms with E-state index < -0.39 is 0 Å². The summed E-state index contributed by atoms with van der Waals surface area (Å²) < 4.78 is 11.7. The summed E-state index contributed by atoms with van der Waals surface area (Å²) in [5.41, 5.74) is 1.14. The van der Waals surface area contributed by atoms with Crippen molar-refractivity contribution in [3.8, 4) is 11.5 Å². The number of piperazine rings is 1. The van der Waals surface area contributed by atoms with Gasteiger partial charge in [-0.15, -0.1) is 24.0 Å². The minimum Gasteiger partial charge on any atom is -0.493 e. The fourth-order valence-electron chi connectivity index (χ4n) is 4.20. The maximum atomic E-state index is 6.23. The first kappa shape index (κ1) is 24.3. The molecular weight excluding hydrogens is 519 g/mol. The molecule has 1 saturated carbocycles. The molecule has 1 aliphatic carbocycles. The highest BCUT2D eigenvalue weighted by atomic mass is 127. The van der Waals surface area contributed by atoms with Crippen LogP contribution in [0.4, 0.5) is 5.95 Å². The van der Waals surface area contributed by atoms with Crippen LogP contribution in [0, 0.1) is 0 Å². The van der Waals surface area contributed by atoms with Crippen LogP contribution in [0.2, 0.25) is 0 Å². The molecule has 0 spiro atoms. The monoisotopic (exact) mass is 552 g/mol. The lowest BCUT2D eigenvalue weighted by molar-refractivity contribution is 0.200. The smallest absolute Gasteiger partial charge is 0.225 e. The fourth-order valence-corrected chi connectivity index (χ4v) is 4.20. The van der Waals surface area contributed by atoms with Crippen LogP contribution in [0.3, 0.4) is 0 Å². The van der Waals surface area contributed by atoms with Gasteiger partial charge in [-0.1, -0.05) is 6.07 Å². The van der Waals surface area contributed by atoms with Crippen molar-refractivity contribution in [2.75, 3.05) is 45.2 Å². The van der Waals surface area contributed by atoms with E-state index in [1.54, 1.807) is 19.5 Å². The van der Waals surface area contributed by atoms with E-state index >= 15 is 0 Å². The Morgan fingerprint density at radius 3 is 2.47 bits per heavy atom. The number of halogens is 1. The first-order valence-corrected chi connectivity index (χ1v) is 11.1. The normalized spacial score (nSPS) is 17.1. The first-order chi connectivity index (χ1) is 15.3. The van der Waals surface area contributed by atoms with Gasteiger partial charge in [0, 0.05) is 52.2 Å². The highest BCUT2D eigenvalue weighted by Gasteiger charge is 2.22. The molecule has 0 atom stereocenters. The first-order valence-electron chi connectivity index (χ1n) is 11.1. The van der Waals surface area contributed by atoms with E-state index in [4.69, 9.17) is 9.47 Å². The van der Waals surface area contributed by atoms with E-state index in [0.29, 0.717) is 12.6 Å². The summed E-state index contributed by atoms with van der Waals surface area (Å²) >= 11 is 0. The average molecular weight is 552 g/mol. The molecule has 174 valence electrons. The number of anilines is 1. The number of nitrogens with zero attached hydrogens (tertiary/aromatic N) is 5. The molecule has 9 heteroatoms. The second-order valence-corrected chi connectivity index (χ2v) is 7.93. The summed E-state index contributed by atoms with van der Waals surface area (Å²) in [4.78, 5) is 17.7. The standard InChI is InChI=1S/C23H32N6O2.HI/c1-24-22(28-12-14-29(15-13-28)23-25-10-5-11-26-23)27-17-18-8-9-20(30-2)21(16-18)31-19-6-3-4-7-19;/h5,8-11,16,19H,3-4,6-7,12-15,17H2,1-2H3,(H,24,27);1H. The van der Waals surface area contributed by atoms with Crippen molar-refractivity contribution in [3.05, 3.63) is 42.2 Å². The van der Waals surface area contributed by atoms with Gasteiger partial charge in [0.1, 0.15) is 0 Å². The topological polar surface area (TPSA) is 75.1 Å². The van der Waals surface area contributed by atoms with Gasteiger partial charge in [0.15, 0.2) is 17.5 Å². The third kappa shape index (κ3) is 6.14. The molecule has 1 N–H and O–H groups in total. The van der Waals surface area contributed by atoms with Crippen LogP contribution in [0.25, 0.3) is 0 Å². The van der Waals surface area contributed by atoms with Gasteiger partial charge in [0.05, 0.1) is 13.2 Å². The molecule has 2 fully saturated rings. The lowest BCUT2D eigenvalue weighted by Gasteiger charge is -2.36. The number of methoxy groups -OCH3 is 1. The summed E-state index contributed by atoms with van der Waals surface area (Å²) in [6, 6.07) is 7.99. The summed E-state index contributed by atoms with van der Waals surface area (Å²) in [5, 5.41) is 3.50. The number of ether oxygens (including phenoxy) is 2. The molecule has 1 aliphatic heterocycles.